The normalized spacial score (nSPS) is 13.9. The van der Waals surface area contributed by atoms with Crippen LogP contribution in [0.2, 0.25) is 0 Å². The molecule has 2 rings (SSSR count). The van der Waals surface area contributed by atoms with Crippen molar-refractivity contribution in [1.82, 2.24) is 15.0 Å². The van der Waals surface area contributed by atoms with Gasteiger partial charge in [-0.1, -0.05) is 0 Å². The van der Waals surface area contributed by atoms with Crippen LogP contribution in [0.25, 0.3) is 0 Å². The number of aromatic nitrogens is 1. The Morgan fingerprint density at radius 2 is 2.08 bits per heavy atom. The molecule has 0 spiro atoms. The third-order valence-electron chi connectivity index (χ3n) is 3.22. The number of aryl methyl sites for hydroxylation is 1. The number of ether oxygens (including phenoxy) is 2. The van der Waals surface area contributed by atoms with E-state index in [1.54, 1.807) is 20.9 Å². The molecule has 0 radical (unpaired) electrons. The van der Waals surface area contributed by atoms with Gasteiger partial charge < -0.3 is 25.4 Å². The van der Waals surface area contributed by atoms with Crippen molar-refractivity contribution in [2.75, 3.05) is 32.1 Å². The van der Waals surface area contributed by atoms with Crippen molar-refractivity contribution in [3.63, 3.8) is 0 Å². The summed E-state index contributed by atoms with van der Waals surface area (Å²) in [5.41, 5.74) is 1.31. The van der Waals surface area contributed by atoms with E-state index in [9.17, 15) is 14.4 Å². The second kappa shape index (κ2) is 7.77. The van der Waals surface area contributed by atoms with Gasteiger partial charge in [0, 0.05) is 7.05 Å². The lowest BCUT2D eigenvalue weighted by atomic mass is 10.1. The molecule has 0 aliphatic carbocycles. The molecule has 2 amide bonds. The lowest BCUT2D eigenvalue weighted by Gasteiger charge is -2.21. The molecule has 0 saturated heterocycles. The summed E-state index contributed by atoms with van der Waals surface area (Å²) in [6, 6.07) is -0.474. The lowest BCUT2D eigenvalue weighted by molar-refractivity contribution is -0.138. The number of anilines is 1. The summed E-state index contributed by atoms with van der Waals surface area (Å²) in [4.78, 5) is 35.6. The number of carbonyl (C=O) groups is 3. The van der Waals surface area contributed by atoms with Crippen LogP contribution in [0.4, 0.5) is 9.80 Å². The predicted octanol–water partition coefficient (Wildman–Crippen LogP) is 0.780. The zero-order chi connectivity index (χ0) is 17.7. The van der Waals surface area contributed by atoms with E-state index in [4.69, 9.17) is 9.47 Å². The lowest BCUT2D eigenvalue weighted by Crippen LogP contribution is -2.45. The molecule has 1 aromatic rings. The molecule has 1 aliphatic rings. The van der Waals surface area contributed by atoms with E-state index in [0.717, 1.165) is 11.5 Å². The zero-order valence-electron chi connectivity index (χ0n) is 13.5. The van der Waals surface area contributed by atoms with Crippen molar-refractivity contribution in [2.45, 2.75) is 13.8 Å². The Hall–Kier alpha value is -2.62. The number of carbonyl (C=O) groups excluding carboxylic acids is 3. The molecule has 0 bridgehead atoms. The summed E-state index contributed by atoms with van der Waals surface area (Å²) >= 11 is 1.15. The van der Waals surface area contributed by atoms with Gasteiger partial charge in [-0.15, -0.1) is 0 Å². The van der Waals surface area contributed by atoms with Gasteiger partial charge in [-0.2, -0.15) is 4.37 Å². The summed E-state index contributed by atoms with van der Waals surface area (Å²) in [6.45, 7) is 3.34. The summed E-state index contributed by atoms with van der Waals surface area (Å²) in [7, 11) is 1.68. The molecule has 1 aliphatic heterocycles. The number of urea groups is 1. The Morgan fingerprint density at radius 1 is 1.33 bits per heavy atom. The summed E-state index contributed by atoms with van der Waals surface area (Å²) in [6.07, 6.45) is 0. The highest BCUT2D eigenvalue weighted by atomic mass is 32.1. The molecular formula is C14H18N4O5S. The fraction of sp³-hybridized carbons (Fsp3) is 0.429. The molecule has 0 saturated carbocycles. The Bertz CT molecular complexity index is 697. The number of hydrogen-bond acceptors (Lipinski definition) is 8. The second-order valence-corrected chi connectivity index (χ2v) is 5.56. The number of hydrogen-bond donors (Lipinski definition) is 3. The first-order valence-electron chi connectivity index (χ1n) is 7.23. The Balaban J connectivity index is 2.15. The number of nitrogens with one attached hydrogen (secondary N) is 3. The van der Waals surface area contributed by atoms with E-state index < -0.39 is 18.0 Å². The van der Waals surface area contributed by atoms with Crippen LogP contribution in [0.3, 0.4) is 0 Å². The van der Waals surface area contributed by atoms with Crippen LogP contribution in [0.15, 0.2) is 11.3 Å². The Morgan fingerprint density at radius 3 is 2.75 bits per heavy atom. The molecule has 3 N–H and O–H groups in total. The first-order chi connectivity index (χ1) is 11.5. The Kier molecular flexibility index (Phi) is 5.74. The van der Waals surface area contributed by atoms with Crippen LogP contribution in [0.1, 0.15) is 23.0 Å². The van der Waals surface area contributed by atoms with Gasteiger partial charge in [0.05, 0.1) is 30.1 Å². The van der Waals surface area contributed by atoms with Gasteiger partial charge in [-0.3, -0.25) is 0 Å². The minimum absolute atomic E-state index is 0.0123. The molecular weight excluding hydrogens is 336 g/mol. The third kappa shape index (κ3) is 3.82. The van der Waals surface area contributed by atoms with Crippen LogP contribution >= 0.6 is 11.5 Å². The maximum atomic E-state index is 12.3. The van der Waals surface area contributed by atoms with E-state index in [0.29, 0.717) is 16.3 Å². The van der Waals surface area contributed by atoms with Gasteiger partial charge in [0.15, 0.2) is 0 Å². The fourth-order valence-corrected chi connectivity index (χ4v) is 2.79. The highest BCUT2D eigenvalue weighted by molar-refractivity contribution is 7.10. The van der Waals surface area contributed by atoms with Crippen LogP contribution < -0.4 is 16.0 Å². The number of rotatable bonds is 6. The molecule has 130 valence electrons. The molecule has 1 aromatic heterocycles. The first kappa shape index (κ1) is 17.7. The van der Waals surface area contributed by atoms with E-state index in [-0.39, 0.29) is 31.0 Å². The highest BCUT2D eigenvalue weighted by Crippen LogP contribution is 2.24. The minimum Gasteiger partial charge on any atom is -0.463 e. The average Bonchev–Trinajstić information content (AvgIpc) is 2.93. The highest BCUT2D eigenvalue weighted by Gasteiger charge is 2.26. The largest absolute Gasteiger partial charge is 0.463 e. The molecule has 2 heterocycles. The average molecular weight is 354 g/mol. The molecule has 9 nitrogen and oxygen atoms in total. The number of esters is 2. The molecule has 0 unspecified atom stereocenters. The van der Waals surface area contributed by atoms with Crippen molar-refractivity contribution >= 4 is 34.5 Å². The van der Waals surface area contributed by atoms with Crippen LogP contribution in [0.5, 0.6) is 0 Å². The van der Waals surface area contributed by atoms with Crippen LogP contribution in [-0.2, 0) is 14.3 Å². The minimum atomic E-state index is -0.589. The van der Waals surface area contributed by atoms with Gasteiger partial charge in [-0.05, 0) is 25.4 Å². The first-order valence-corrected chi connectivity index (χ1v) is 8.00. The van der Waals surface area contributed by atoms with Crippen LogP contribution in [-0.4, -0.2) is 49.1 Å². The monoisotopic (exact) mass is 354 g/mol. The fourth-order valence-electron chi connectivity index (χ4n) is 2.06. The third-order valence-corrected chi connectivity index (χ3v) is 4.17. The smallest absolute Gasteiger partial charge is 0.343 e. The maximum Gasteiger partial charge on any atom is 0.343 e. The van der Waals surface area contributed by atoms with Crippen LogP contribution in [0, 0.1) is 6.92 Å². The van der Waals surface area contributed by atoms with E-state index in [1.165, 1.54) is 0 Å². The molecule has 0 atom stereocenters. The van der Waals surface area contributed by atoms with Crippen molar-refractivity contribution in [1.29, 1.82) is 0 Å². The topological polar surface area (TPSA) is 119 Å². The van der Waals surface area contributed by atoms with Gasteiger partial charge in [0.25, 0.3) is 0 Å². The number of amides is 2. The zero-order valence-corrected chi connectivity index (χ0v) is 14.3. The molecule has 0 fully saturated rings. The van der Waals surface area contributed by atoms with Crippen molar-refractivity contribution in [2.24, 2.45) is 0 Å². The number of nitrogens with zero attached hydrogens (tertiary/aromatic N) is 1. The molecule has 0 aromatic carbocycles. The van der Waals surface area contributed by atoms with Gasteiger partial charge >= 0.3 is 18.0 Å². The standard InChI is InChI=1S/C14H18N4O5S/c1-4-22-12(19)8-5-16-14(21)17-9(8)6-23-13(20)10-7(2)18-24-11(10)15-3/h15H,4-6H2,1-3H3,(H2,16,17,21). The SMILES string of the molecule is CCOC(=O)C1=C(COC(=O)c2c(C)nsc2NC)NC(=O)NC1. The van der Waals surface area contributed by atoms with Crippen molar-refractivity contribution < 1.29 is 23.9 Å². The van der Waals surface area contributed by atoms with Crippen molar-refractivity contribution in [3.05, 3.63) is 22.5 Å². The predicted molar refractivity (Wildman–Crippen MR) is 86.9 cm³/mol. The quantitative estimate of drug-likeness (QED) is 0.646. The summed E-state index contributed by atoms with van der Waals surface area (Å²) in [5, 5.41) is 8.41. The maximum absolute atomic E-state index is 12.3. The van der Waals surface area contributed by atoms with Crippen molar-refractivity contribution in [3.8, 4) is 0 Å². The van der Waals surface area contributed by atoms with E-state index >= 15 is 0 Å². The molecule has 24 heavy (non-hydrogen) atoms. The summed E-state index contributed by atoms with van der Waals surface area (Å²) < 4.78 is 14.3. The second-order valence-electron chi connectivity index (χ2n) is 4.78. The van der Waals surface area contributed by atoms with Gasteiger partial charge in [0.1, 0.15) is 17.2 Å². The van der Waals surface area contributed by atoms with E-state index in [1.807, 2.05) is 0 Å². The summed E-state index contributed by atoms with van der Waals surface area (Å²) in [5.74, 6) is -1.16. The molecule has 10 heteroatoms. The van der Waals surface area contributed by atoms with E-state index in [2.05, 4.69) is 20.3 Å². The Labute approximate surface area is 142 Å². The van der Waals surface area contributed by atoms with Gasteiger partial charge in [0.2, 0.25) is 0 Å². The van der Waals surface area contributed by atoms with Gasteiger partial charge in [-0.25, -0.2) is 14.4 Å².